The molecule has 0 amide bonds. The second-order valence-corrected chi connectivity index (χ2v) is 18.7. The van der Waals surface area contributed by atoms with Crippen molar-refractivity contribution in [1.29, 1.82) is 0 Å². The summed E-state index contributed by atoms with van der Waals surface area (Å²) in [6, 6.07) is 0. The Kier molecular flexibility index (Phi) is 45.0. The van der Waals surface area contributed by atoms with Gasteiger partial charge in [0.15, 0.2) is 6.29 Å². The zero-order valence-corrected chi connectivity index (χ0v) is 42.4. The zero-order chi connectivity index (χ0) is 47.8. The summed E-state index contributed by atoms with van der Waals surface area (Å²) >= 11 is 0. The number of allylic oxidation sites excluding steroid dienone is 10. The summed E-state index contributed by atoms with van der Waals surface area (Å²) in [7, 11) is 0. The summed E-state index contributed by atoms with van der Waals surface area (Å²) in [6.45, 7) is 4.46. The Morgan fingerprint density at radius 1 is 0.500 bits per heavy atom. The predicted molar refractivity (Wildman–Crippen MR) is 274 cm³/mol. The highest BCUT2D eigenvalue weighted by Gasteiger charge is 2.44. The second kappa shape index (κ2) is 47.9. The summed E-state index contributed by atoms with van der Waals surface area (Å²) in [4.78, 5) is 12.9. The summed E-state index contributed by atoms with van der Waals surface area (Å²) in [5.41, 5.74) is 0. The Morgan fingerprint density at radius 3 is 1.39 bits per heavy atom. The molecule has 0 radical (unpaired) electrons. The molecule has 384 valence electrons. The van der Waals surface area contributed by atoms with Crippen LogP contribution in [0.1, 0.15) is 232 Å². The first-order chi connectivity index (χ1) is 32.4. The fourth-order valence-corrected chi connectivity index (χ4v) is 8.23. The third-order valence-corrected chi connectivity index (χ3v) is 12.4. The number of aliphatic hydroxyl groups is 4. The molecule has 4 N–H and O–H groups in total. The van der Waals surface area contributed by atoms with Gasteiger partial charge in [-0.15, -0.1) is 0 Å². The van der Waals surface area contributed by atoms with Gasteiger partial charge in [-0.05, 0) is 57.8 Å². The smallest absolute Gasteiger partial charge is 0.306 e. The van der Waals surface area contributed by atoms with Gasteiger partial charge in [0.1, 0.15) is 30.5 Å². The number of carbonyl (C=O) groups excluding carboxylic acids is 1. The van der Waals surface area contributed by atoms with Gasteiger partial charge in [-0.3, -0.25) is 4.79 Å². The zero-order valence-electron chi connectivity index (χ0n) is 42.4. The number of ether oxygens (including phenoxy) is 4. The van der Waals surface area contributed by atoms with E-state index in [1.54, 1.807) is 0 Å². The average molecular weight is 931 g/mol. The Morgan fingerprint density at radius 2 is 0.924 bits per heavy atom. The van der Waals surface area contributed by atoms with Crippen LogP contribution in [0.25, 0.3) is 0 Å². The molecule has 66 heavy (non-hydrogen) atoms. The molecule has 1 rings (SSSR count). The van der Waals surface area contributed by atoms with Gasteiger partial charge in [-0.25, -0.2) is 0 Å². The number of hydrogen-bond donors (Lipinski definition) is 4. The number of unbranched alkanes of at least 4 members (excludes halogenated alkanes) is 26. The first kappa shape index (κ1) is 61.9. The van der Waals surface area contributed by atoms with Crippen LogP contribution in [0.2, 0.25) is 0 Å². The van der Waals surface area contributed by atoms with Crippen molar-refractivity contribution in [3.05, 3.63) is 60.8 Å². The highest BCUT2D eigenvalue weighted by molar-refractivity contribution is 5.69. The van der Waals surface area contributed by atoms with Crippen LogP contribution >= 0.6 is 0 Å². The molecule has 9 heteroatoms. The van der Waals surface area contributed by atoms with Crippen LogP contribution in [-0.2, 0) is 23.7 Å². The van der Waals surface area contributed by atoms with Crippen LogP contribution in [0, 0.1) is 0 Å². The van der Waals surface area contributed by atoms with Crippen LogP contribution in [0.15, 0.2) is 60.8 Å². The van der Waals surface area contributed by atoms with E-state index in [9.17, 15) is 25.2 Å². The van der Waals surface area contributed by atoms with E-state index >= 15 is 0 Å². The molecule has 6 unspecified atom stereocenters. The van der Waals surface area contributed by atoms with E-state index in [2.05, 4.69) is 74.6 Å². The van der Waals surface area contributed by atoms with Crippen molar-refractivity contribution in [3.8, 4) is 0 Å². The molecule has 0 bridgehead atoms. The molecule has 0 spiro atoms. The first-order valence-electron chi connectivity index (χ1n) is 27.4. The molecule has 0 aromatic heterocycles. The van der Waals surface area contributed by atoms with E-state index in [1.165, 1.54) is 135 Å². The minimum absolute atomic E-state index is 0.116. The fourth-order valence-electron chi connectivity index (χ4n) is 8.23. The summed E-state index contributed by atoms with van der Waals surface area (Å²) in [5.74, 6) is -0.314. The topological polar surface area (TPSA) is 135 Å². The maximum atomic E-state index is 12.9. The standard InChI is InChI=1S/C57H102O9/c1-3-5-7-9-11-13-15-17-19-21-23-24-25-26-27-29-31-33-35-37-39-41-43-45-47-63-49-51(50-64-57-56(62)55(61)54(60)52(48-58)66-57)65-53(59)46-44-42-40-38-36-34-32-30-28-22-20-18-16-14-12-10-8-6-4-2/h5,7,11,13,17,19,23-24,26-27,51-52,54-58,60-62H,3-4,6,8-10,12,14-16,18,20-22,25,28-50H2,1-2H3/b7-5-,13-11-,19-17-,24-23-,27-26-. The molecular weight excluding hydrogens is 829 g/mol. The van der Waals surface area contributed by atoms with Crippen molar-refractivity contribution in [2.75, 3.05) is 26.4 Å². The van der Waals surface area contributed by atoms with Crippen LogP contribution in [0.4, 0.5) is 0 Å². The van der Waals surface area contributed by atoms with Gasteiger partial charge in [0.2, 0.25) is 0 Å². The number of aliphatic hydroxyl groups excluding tert-OH is 4. The Hall–Kier alpha value is -2.11. The van der Waals surface area contributed by atoms with E-state index in [4.69, 9.17) is 18.9 Å². The number of esters is 1. The summed E-state index contributed by atoms with van der Waals surface area (Å²) in [6.07, 6.45) is 55.4. The quantitative estimate of drug-likeness (QED) is 0.0267. The van der Waals surface area contributed by atoms with Gasteiger partial charge in [0, 0.05) is 13.0 Å². The lowest BCUT2D eigenvalue weighted by molar-refractivity contribution is -0.305. The number of rotatable bonds is 47. The molecule has 1 fully saturated rings. The van der Waals surface area contributed by atoms with Crippen LogP contribution < -0.4 is 0 Å². The molecule has 1 aliphatic rings. The van der Waals surface area contributed by atoms with E-state index in [0.717, 1.165) is 77.0 Å². The molecular formula is C57H102O9. The SMILES string of the molecule is CC/C=C\C/C=C\C/C=C\C/C=C\C/C=C\CCCCCCCCCCOCC(COC1OC(CO)C(O)C(O)C1O)OC(=O)CCCCCCCCCCCCCCCCCCCCC. The van der Waals surface area contributed by atoms with E-state index < -0.39 is 43.4 Å². The van der Waals surface area contributed by atoms with Gasteiger partial charge in [0.25, 0.3) is 0 Å². The van der Waals surface area contributed by atoms with E-state index in [0.29, 0.717) is 13.0 Å². The summed E-state index contributed by atoms with van der Waals surface area (Å²) < 4.78 is 22.9. The Balaban J connectivity index is 2.18. The van der Waals surface area contributed by atoms with Gasteiger partial charge in [-0.2, -0.15) is 0 Å². The van der Waals surface area contributed by atoms with Crippen molar-refractivity contribution in [2.24, 2.45) is 0 Å². The highest BCUT2D eigenvalue weighted by atomic mass is 16.7. The second-order valence-electron chi connectivity index (χ2n) is 18.7. The van der Waals surface area contributed by atoms with Crippen LogP contribution in [-0.4, -0.2) is 89.6 Å². The molecule has 9 nitrogen and oxygen atoms in total. The van der Waals surface area contributed by atoms with Crippen LogP contribution in [0.5, 0.6) is 0 Å². The lowest BCUT2D eigenvalue weighted by atomic mass is 9.99. The van der Waals surface area contributed by atoms with Gasteiger partial charge in [0.05, 0.1) is 19.8 Å². The molecule has 0 aromatic carbocycles. The average Bonchev–Trinajstić information content (AvgIpc) is 3.32. The van der Waals surface area contributed by atoms with E-state index in [-0.39, 0.29) is 19.2 Å². The molecule has 0 saturated carbocycles. The fraction of sp³-hybridized carbons (Fsp3) is 0.807. The molecule has 0 aliphatic carbocycles. The highest BCUT2D eigenvalue weighted by Crippen LogP contribution is 2.23. The predicted octanol–water partition coefficient (Wildman–Crippen LogP) is 13.8. The monoisotopic (exact) mass is 931 g/mol. The van der Waals surface area contributed by atoms with Crippen molar-refractivity contribution in [2.45, 2.75) is 269 Å². The maximum absolute atomic E-state index is 12.9. The lowest BCUT2D eigenvalue weighted by Crippen LogP contribution is -2.59. The van der Waals surface area contributed by atoms with Crippen molar-refractivity contribution in [3.63, 3.8) is 0 Å². The number of hydrogen-bond acceptors (Lipinski definition) is 9. The molecule has 1 heterocycles. The van der Waals surface area contributed by atoms with Gasteiger partial charge in [-0.1, -0.05) is 229 Å². The Bertz CT molecular complexity index is 1200. The molecule has 0 aromatic rings. The molecule has 1 aliphatic heterocycles. The van der Waals surface area contributed by atoms with Crippen molar-refractivity contribution < 1.29 is 44.2 Å². The minimum Gasteiger partial charge on any atom is -0.457 e. The first-order valence-corrected chi connectivity index (χ1v) is 27.4. The van der Waals surface area contributed by atoms with Crippen molar-refractivity contribution >= 4 is 5.97 Å². The lowest BCUT2D eigenvalue weighted by Gasteiger charge is -2.39. The number of carbonyl (C=O) groups is 1. The molecule has 6 atom stereocenters. The third kappa shape index (κ3) is 37.8. The normalized spacial score (nSPS) is 19.8. The third-order valence-electron chi connectivity index (χ3n) is 12.4. The maximum Gasteiger partial charge on any atom is 0.306 e. The Labute approximate surface area is 405 Å². The largest absolute Gasteiger partial charge is 0.457 e. The van der Waals surface area contributed by atoms with E-state index in [1.807, 2.05) is 0 Å². The van der Waals surface area contributed by atoms with Gasteiger partial charge < -0.3 is 39.4 Å². The summed E-state index contributed by atoms with van der Waals surface area (Å²) in [5, 5.41) is 40.3. The molecule has 1 saturated heterocycles. The van der Waals surface area contributed by atoms with Gasteiger partial charge >= 0.3 is 5.97 Å². The van der Waals surface area contributed by atoms with Crippen molar-refractivity contribution in [1.82, 2.24) is 0 Å². The van der Waals surface area contributed by atoms with Crippen LogP contribution in [0.3, 0.4) is 0 Å². The minimum atomic E-state index is -1.54.